The second kappa shape index (κ2) is 7.56. The third-order valence-electron chi connectivity index (χ3n) is 3.44. The van der Waals surface area contributed by atoms with Gasteiger partial charge in [-0.25, -0.2) is 9.18 Å². The lowest BCUT2D eigenvalue weighted by molar-refractivity contribution is -0.143. The van der Waals surface area contributed by atoms with E-state index in [1.54, 1.807) is 30.3 Å². The Kier molecular flexibility index (Phi) is 5.02. The Morgan fingerprint density at radius 3 is 2.50 bits per heavy atom. The van der Waals surface area contributed by atoms with Gasteiger partial charge in [-0.05, 0) is 24.3 Å². The number of halogens is 1. The van der Waals surface area contributed by atoms with Gasteiger partial charge in [0.05, 0.1) is 5.56 Å². The molecule has 0 fully saturated rings. The van der Waals surface area contributed by atoms with Crippen LogP contribution in [0.15, 0.2) is 63.8 Å². The number of aromatic nitrogens is 2. The van der Waals surface area contributed by atoms with Gasteiger partial charge in [-0.1, -0.05) is 30.3 Å². The number of Topliss-reactive ketones (excluding diaryl/α,β-unsaturated/α-hetero) is 1. The lowest BCUT2D eigenvalue weighted by atomic mass is 10.1. The van der Waals surface area contributed by atoms with Crippen LogP contribution in [0.2, 0.25) is 0 Å². The van der Waals surface area contributed by atoms with Crippen LogP contribution in [0.3, 0.4) is 0 Å². The molecule has 0 radical (unpaired) electrons. The number of esters is 1. The molecule has 8 heteroatoms. The normalized spacial score (nSPS) is 10.5. The Hall–Kier alpha value is -3.55. The predicted molar refractivity (Wildman–Crippen MR) is 87.9 cm³/mol. The van der Waals surface area contributed by atoms with Gasteiger partial charge in [0.25, 0.3) is 0 Å². The third kappa shape index (κ3) is 3.92. The molecule has 3 aromatic rings. The summed E-state index contributed by atoms with van der Waals surface area (Å²) in [7, 11) is 0. The molecule has 132 valence electrons. The quantitative estimate of drug-likeness (QED) is 0.496. The number of benzene rings is 2. The van der Waals surface area contributed by atoms with Crippen molar-refractivity contribution < 1.29 is 23.1 Å². The van der Waals surface area contributed by atoms with Crippen molar-refractivity contribution in [2.24, 2.45) is 0 Å². The number of hydrogen-bond acceptors (Lipinski definition) is 6. The minimum Gasteiger partial charge on any atom is -0.456 e. The van der Waals surface area contributed by atoms with E-state index >= 15 is 0 Å². The van der Waals surface area contributed by atoms with Crippen LogP contribution in [0.5, 0.6) is 0 Å². The Labute approximate surface area is 146 Å². The molecule has 0 saturated heterocycles. The smallest absolute Gasteiger partial charge is 0.437 e. The lowest BCUT2D eigenvalue weighted by Gasteiger charge is -2.04. The molecule has 0 bridgehead atoms. The standard InChI is InChI=1S/C18H13FN2O5/c19-14-9-5-4-8-13(14)15(22)11-25-16(23)10-21-18(24)26-17(20-21)12-6-2-1-3-7-12/h1-9H,10-11H2. The van der Waals surface area contributed by atoms with Crippen molar-refractivity contribution in [3.05, 3.63) is 76.5 Å². The van der Waals surface area contributed by atoms with Crippen LogP contribution in [0.4, 0.5) is 4.39 Å². The van der Waals surface area contributed by atoms with Gasteiger partial charge in [-0.2, -0.15) is 4.68 Å². The van der Waals surface area contributed by atoms with Crippen molar-refractivity contribution in [3.63, 3.8) is 0 Å². The number of carbonyl (C=O) groups is 2. The molecule has 1 heterocycles. The Balaban J connectivity index is 1.62. The van der Waals surface area contributed by atoms with Crippen LogP contribution in [0.25, 0.3) is 11.5 Å². The summed E-state index contributed by atoms with van der Waals surface area (Å²) >= 11 is 0. The van der Waals surface area contributed by atoms with E-state index in [4.69, 9.17) is 9.15 Å². The molecule has 0 spiro atoms. The zero-order valence-electron chi connectivity index (χ0n) is 13.4. The van der Waals surface area contributed by atoms with Crippen LogP contribution in [0.1, 0.15) is 10.4 Å². The first-order valence-electron chi connectivity index (χ1n) is 7.61. The van der Waals surface area contributed by atoms with E-state index in [0.717, 1.165) is 10.7 Å². The predicted octanol–water partition coefficient (Wildman–Crippen LogP) is 2.07. The topological polar surface area (TPSA) is 91.4 Å². The lowest BCUT2D eigenvalue weighted by Crippen LogP contribution is -2.24. The molecule has 1 aromatic heterocycles. The highest BCUT2D eigenvalue weighted by molar-refractivity contribution is 5.98. The number of carbonyl (C=O) groups excluding carboxylic acids is 2. The van der Waals surface area contributed by atoms with Gasteiger partial charge in [0.2, 0.25) is 11.7 Å². The maximum atomic E-state index is 13.5. The van der Waals surface area contributed by atoms with Gasteiger partial charge in [0.15, 0.2) is 6.61 Å². The van der Waals surface area contributed by atoms with E-state index in [2.05, 4.69) is 5.10 Å². The van der Waals surface area contributed by atoms with Crippen LogP contribution < -0.4 is 5.76 Å². The van der Waals surface area contributed by atoms with Crippen molar-refractivity contribution in [2.45, 2.75) is 6.54 Å². The molecule has 0 unspecified atom stereocenters. The molecule has 3 rings (SSSR count). The maximum absolute atomic E-state index is 13.5. The van der Waals surface area contributed by atoms with Crippen LogP contribution in [-0.2, 0) is 16.1 Å². The number of ketones is 1. The first kappa shape index (κ1) is 17.3. The highest BCUT2D eigenvalue weighted by atomic mass is 19.1. The first-order chi connectivity index (χ1) is 12.5. The summed E-state index contributed by atoms with van der Waals surface area (Å²) in [4.78, 5) is 35.4. The van der Waals surface area contributed by atoms with Crippen molar-refractivity contribution in [2.75, 3.05) is 6.61 Å². The van der Waals surface area contributed by atoms with E-state index < -0.39 is 36.5 Å². The van der Waals surface area contributed by atoms with Gasteiger partial charge in [-0.15, -0.1) is 5.10 Å². The molecule has 0 N–H and O–H groups in total. The van der Waals surface area contributed by atoms with Gasteiger partial charge >= 0.3 is 11.7 Å². The van der Waals surface area contributed by atoms with Crippen molar-refractivity contribution >= 4 is 11.8 Å². The second-order valence-corrected chi connectivity index (χ2v) is 5.26. The summed E-state index contributed by atoms with van der Waals surface area (Å²) < 4.78 is 24.1. The zero-order chi connectivity index (χ0) is 18.5. The highest BCUT2D eigenvalue weighted by Gasteiger charge is 2.16. The van der Waals surface area contributed by atoms with Crippen LogP contribution in [0, 0.1) is 5.82 Å². The zero-order valence-corrected chi connectivity index (χ0v) is 13.4. The minimum absolute atomic E-state index is 0.0610. The molecule has 7 nitrogen and oxygen atoms in total. The number of ether oxygens (including phenoxy) is 1. The summed E-state index contributed by atoms with van der Waals surface area (Å²) in [6.07, 6.45) is 0. The average molecular weight is 356 g/mol. The van der Waals surface area contributed by atoms with E-state index in [9.17, 15) is 18.8 Å². The molecule has 26 heavy (non-hydrogen) atoms. The Bertz CT molecular complexity index is 994. The van der Waals surface area contributed by atoms with Crippen molar-refractivity contribution in [3.8, 4) is 11.5 Å². The number of nitrogens with zero attached hydrogens (tertiary/aromatic N) is 2. The largest absolute Gasteiger partial charge is 0.456 e. The minimum atomic E-state index is -0.871. The molecule has 0 amide bonds. The SMILES string of the molecule is O=C(Cn1nc(-c2ccccc2)oc1=O)OCC(=O)c1ccccc1F. The fraction of sp³-hybridized carbons (Fsp3) is 0.111. The highest BCUT2D eigenvalue weighted by Crippen LogP contribution is 2.14. The van der Waals surface area contributed by atoms with Gasteiger partial charge in [0, 0.05) is 5.56 Å². The fourth-order valence-electron chi connectivity index (χ4n) is 2.18. The molecule has 2 aromatic carbocycles. The number of hydrogen-bond donors (Lipinski definition) is 0. The molecular weight excluding hydrogens is 343 g/mol. The van der Waals surface area contributed by atoms with E-state index in [1.807, 2.05) is 0 Å². The van der Waals surface area contributed by atoms with Crippen molar-refractivity contribution in [1.29, 1.82) is 0 Å². The first-order valence-corrected chi connectivity index (χ1v) is 7.61. The van der Waals surface area contributed by atoms with Gasteiger partial charge in [0.1, 0.15) is 12.4 Å². The Morgan fingerprint density at radius 2 is 1.77 bits per heavy atom. The summed E-state index contributed by atoms with van der Waals surface area (Å²) in [5.41, 5.74) is 0.400. The number of rotatable bonds is 6. The maximum Gasteiger partial charge on any atom is 0.437 e. The van der Waals surface area contributed by atoms with E-state index in [0.29, 0.717) is 5.56 Å². The van der Waals surface area contributed by atoms with Gasteiger partial charge < -0.3 is 9.15 Å². The molecular formula is C18H13FN2O5. The van der Waals surface area contributed by atoms with Gasteiger partial charge in [-0.3, -0.25) is 9.59 Å². The molecule has 0 aliphatic rings. The molecule has 0 aliphatic heterocycles. The summed E-state index contributed by atoms with van der Waals surface area (Å²) in [5, 5.41) is 3.91. The summed E-state index contributed by atoms with van der Waals surface area (Å²) in [6, 6.07) is 14.0. The summed E-state index contributed by atoms with van der Waals surface area (Å²) in [5.74, 6) is -3.03. The molecule has 0 aliphatic carbocycles. The average Bonchev–Trinajstić information content (AvgIpc) is 3.01. The van der Waals surface area contributed by atoms with Crippen LogP contribution >= 0.6 is 0 Å². The summed E-state index contributed by atoms with van der Waals surface area (Å²) in [6.45, 7) is -1.17. The second-order valence-electron chi connectivity index (χ2n) is 5.26. The third-order valence-corrected chi connectivity index (χ3v) is 3.44. The van der Waals surface area contributed by atoms with Crippen LogP contribution in [-0.4, -0.2) is 28.1 Å². The van der Waals surface area contributed by atoms with Crippen molar-refractivity contribution in [1.82, 2.24) is 9.78 Å². The van der Waals surface area contributed by atoms with E-state index in [-0.39, 0.29) is 11.5 Å². The molecule has 0 saturated carbocycles. The van der Waals surface area contributed by atoms with E-state index in [1.165, 1.54) is 18.2 Å². The fourth-order valence-corrected chi connectivity index (χ4v) is 2.18. The Morgan fingerprint density at radius 1 is 1.08 bits per heavy atom. The monoisotopic (exact) mass is 356 g/mol. The molecule has 0 atom stereocenters.